The molecule has 0 saturated carbocycles. The van der Waals surface area contributed by atoms with Gasteiger partial charge in [0, 0.05) is 0 Å². The van der Waals surface area contributed by atoms with Crippen molar-refractivity contribution in [2.45, 2.75) is 27.4 Å². The maximum atomic E-state index is 4.90. The lowest BCUT2D eigenvalue weighted by atomic mass is 10.1. The van der Waals surface area contributed by atoms with Crippen LogP contribution in [0.3, 0.4) is 0 Å². The Hall–Kier alpha value is -1.10. The summed E-state index contributed by atoms with van der Waals surface area (Å²) in [6, 6.07) is 8.31. The molecule has 0 bridgehead atoms. The number of hydrogen-bond donors (Lipinski definition) is 1. The first-order valence-electron chi connectivity index (χ1n) is 5.70. The Labute approximate surface area is 106 Å². The van der Waals surface area contributed by atoms with E-state index < -0.39 is 0 Å². The van der Waals surface area contributed by atoms with Crippen molar-refractivity contribution < 1.29 is 9.78 Å². The number of aromatic amines is 1. The average Bonchev–Trinajstić information content (AvgIpc) is 2.34. The van der Waals surface area contributed by atoms with Crippen LogP contribution in [-0.2, 0) is 16.4 Å². The number of H-pyrrole nitrogens is 1. The fourth-order valence-corrected chi connectivity index (χ4v) is 2.24. The molecule has 1 aromatic heterocycles. The fraction of sp³-hybridized carbons (Fsp3) is 0.385. The SMILES string of the molecule is CC.COOCc1[nH]sc1-c1ccccc1C. The van der Waals surface area contributed by atoms with Crippen molar-refractivity contribution in [3.63, 3.8) is 0 Å². The van der Waals surface area contributed by atoms with Gasteiger partial charge in [0.25, 0.3) is 0 Å². The van der Waals surface area contributed by atoms with Gasteiger partial charge in [-0.15, -0.1) is 0 Å². The zero-order valence-corrected chi connectivity index (χ0v) is 11.6. The summed E-state index contributed by atoms with van der Waals surface area (Å²) in [5.41, 5.74) is 3.61. The van der Waals surface area contributed by atoms with Gasteiger partial charge in [0.1, 0.15) is 6.61 Å². The van der Waals surface area contributed by atoms with Crippen LogP contribution in [0.5, 0.6) is 0 Å². The van der Waals surface area contributed by atoms with Crippen molar-refractivity contribution in [1.29, 1.82) is 0 Å². The second-order valence-corrected chi connectivity index (χ2v) is 4.07. The molecule has 0 spiro atoms. The van der Waals surface area contributed by atoms with Gasteiger partial charge in [-0.25, -0.2) is 9.78 Å². The summed E-state index contributed by atoms with van der Waals surface area (Å²) >= 11 is 1.63. The molecule has 1 N–H and O–H groups in total. The van der Waals surface area contributed by atoms with Gasteiger partial charge in [-0.3, -0.25) is 0 Å². The van der Waals surface area contributed by atoms with Crippen molar-refractivity contribution in [2.24, 2.45) is 0 Å². The molecule has 0 atom stereocenters. The van der Waals surface area contributed by atoms with Crippen LogP contribution in [0.1, 0.15) is 25.1 Å². The maximum Gasteiger partial charge on any atom is 0.124 e. The van der Waals surface area contributed by atoms with Crippen LogP contribution in [0.25, 0.3) is 10.4 Å². The number of aromatic nitrogens is 1. The molecule has 2 aromatic rings. The standard InChI is InChI=1S/C11H13NO2S.C2H6/c1-8-5-3-4-6-9(8)11-10(12-15-11)7-14-13-2;1-2/h3-6,12H,7H2,1-2H3;1-2H3. The number of nitrogens with one attached hydrogen (secondary N) is 1. The van der Waals surface area contributed by atoms with E-state index in [1.165, 1.54) is 23.1 Å². The molecule has 17 heavy (non-hydrogen) atoms. The summed E-state index contributed by atoms with van der Waals surface area (Å²) < 4.78 is 3.15. The summed E-state index contributed by atoms with van der Waals surface area (Å²) in [5.74, 6) is 0. The largest absolute Gasteiger partial charge is 0.311 e. The Morgan fingerprint density at radius 2 is 1.94 bits per heavy atom. The van der Waals surface area contributed by atoms with Gasteiger partial charge < -0.3 is 4.37 Å². The summed E-state index contributed by atoms with van der Waals surface area (Å²) in [4.78, 5) is 10.7. The molecule has 0 unspecified atom stereocenters. The molecule has 0 saturated heterocycles. The Morgan fingerprint density at radius 3 is 2.47 bits per heavy atom. The zero-order valence-electron chi connectivity index (χ0n) is 10.7. The first kappa shape index (κ1) is 14.0. The van der Waals surface area contributed by atoms with Gasteiger partial charge in [0.15, 0.2) is 0 Å². The van der Waals surface area contributed by atoms with E-state index in [1.807, 2.05) is 26.0 Å². The minimum atomic E-state index is 0.465. The van der Waals surface area contributed by atoms with Crippen molar-refractivity contribution in [2.75, 3.05) is 7.11 Å². The van der Waals surface area contributed by atoms with Crippen LogP contribution >= 0.6 is 11.5 Å². The van der Waals surface area contributed by atoms with Gasteiger partial charge in [-0.05, 0) is 18.1 Å². The minimum Gasteiger partial charge on any atom is -0.311 e. The van der Waals surface area contributed by atoms with Gasteiger partial charge >= 0.3 is 0 Å². The smallest absolute Gasteiger partial charge is 0.124 e. The fourth-order valence-electron chi connectivity index (χ4n) is 1.43. The lowest BCUT2D eigenvalue weighted by molar-refractivity contribution is -0.282. The van der Waals surface area contributed by atoms with E-state index >= 15 is 0 Å². The number of benzene rings is 1. The van der Waals surface area contributed by atoms with Crippen LogP contribution in [0, 0.1) is 6.92 Å². The molecule has 1 aromatic carbocycles. The first-order chi connectivity index (χ1) is 8.33. The summed E-state index contributed by atoms with van der Waals surface area (Å²) in [7, 11) is 1.51. The molecule has 0 radical (unpaired) electrons. The average molecular weight is 253 g/mol. The molecule has 0 aliphatic heterocycles. The number of hydrogen-bond acceptors (Lipinski definition) is 3. The van der Waals surface area contributed by atoms with Crippen LogP contribution in [-0.4, -0.2) is 11.5 Å². The minimum absolute atomic E-state index is 0.465. The molecule has 1 heterocycles. The van der Waals surface area contributed by atoms with Crippen LogP contribution in [0.15, 0.2) is 24.3 Å². The van der Waals surface area contributed by atoms with E-state index in [-0.39, 0.29) is 0 Å². The molecule has 2 rings (SSSR count). The van der Waals surface area contributed by atoms with Crippen LogP contribution in [0.4, 0.5) is 0 Å². The third-order valence-corrected chi connectivity index (χ3v) is 3.28. The van der Waals surface area contributed by atoms with E-state index in [0.717, 1.165) is 5.69 Å². The highest BCUT2D eigenvalue weighted by Crippen LogP contribution is 2.32. The normalized spacial score (nSPS) is 9.88. The van der Waals surface area contributed by atoms with Gasteiger partial charge in [0.2, 0.25) is 0 Å². The number of aryl methyl sites for hydroxylation is 1. The quantitative estimate of drug-likeness (QED) is 0.656. The molecule has 0 fully saturated rings. The predicted molar refractivity (Wildman–Crippen MR) is 72.0 cm³/mol. The van der Waals surface area contributed by atoms with Gasteiger partial charge in [-0.1, -0.05) is 49.6 Å². The van der Waals surface area contributed by atoms with Crippen molar-refractivity contribution >= 4 is 11.5 Å². The molecule has 4 heteroatoms. The summed E-state index contributed by atoms with van der Waals surface area (Å²) in [6.45, 7) is 6.57. The third kappa shape index (κ3) is 3.43. The molecule has 0 aliphatic rings. The monoisotopic (exact) mass is 253 g/mol. The maximum absolute atomic E-state index is 4.90. The molecule has 0 aliphatic carbocycles. The van der Waals surface area contributed by atoms with Crippen molar-refractivity contribution in [1.82, 2.24) is 4.37 Å². The molecular weight excluding hydrogens is 234 g/mol. The molecule has 94 valence electrons. The van der Waals surface area contributed by atoms with Gasteiger partial charge in [0.05, 0.1) is 17.7 Å². The third-order valence-electron chi connectivity index (χ3n) is 2.26. The Morgan fingerprint density at radius 1 is 1.24 bits per heavy atom. The summed E-state index contributed by atoms with van der Waals surface area (Å²) in [5, 5.41) is 0. The second-order valence-electron chi connectivity index (χ2n) is 3.26. The van der Waals surface area contributed by atoms with E-state index in [4.69, 9.17) is 4.89 Å². The summed E-state index contributed by atoms with van der Waals surface area (Å²) in [6.07, 6.45) is 0. The second kappa shape index (κ2) is 7.27. The van der Waals surface area contributed by atoms with E-state index in [9.17, 15) is 0 Å². The highest BCUT2D eigenvalue weighted by Gasteiger charge is 2.12. The highest BCUT2D eigenvalue weighted by molar-refractivity contribution is 7.11. The van der Waals surface area contributed by atoms with E-state index in [2.05, 4.69) is 28.3 Å². The predicted octanol–water partition coefficient (Wildman–Crippen LogP) is 4.16. The van der Waals surface area contributed by atoms with E-state index in [0.29, 0.717) is 6.61 Å². The Bertz CT molecular complexity index is 434. The number of rotatable bonds is 4. The van der Waals surface area contributed by atoms with Crippen LogP contribution in [0.2, 0.25) is 0 Å². The van der Waals surface area contributed by atoms with Gasteiger partial charge in [-0.2, -0.15) is 0 Å². The van der Waals surface area contributed by atoms with Crippen LogP contribution < -0.4 is 0 Å². The molecule has 0 amide bonds. The molecular formula is C13H19NO2S. The molecule has 3 nitrogen and oxygen atoms in total. The lowest BCUT2D eigenvalue weighted by Gasteiger charge is -2.13. The zero-order chi connectivity index (χ0) is 12.7. The van der Waals surface area contributed by atoms with E-state index in [1.54, 1.807) is 11.5 Å². The lowest BCUT2D eigenvalue weighted by Crippen LogP contribution is -2.00. The first-order valence-corrected chi connectivity index (χ1v) is 6.52. The Balaban J connectivity index is 0.000000686. The van der Waals surface area contributed by atoms with Crippen molar-refractivity contribution in [3.05, 3.63) is 35.5 Å². The van der Waals surface area contributed by atoms with Crippen molar-refractivity contribution in [3.8, 4) is 10.4 Å². The highest BCUT2D eigenvalue weighted by atomic mass is 32.1. The topological polar surface area (TPSA) is 34.2 Å². The Kier molecular flexibility index (Phi) is 5.97.